The molecule has 0 aliphatic carbocycles. The van der Waals surface area contributed by atoms with Crippen molar-refractivity contribution in [2.75, 3.05) is 94.0 Å². The molecule has 0 amide bonds. The van der Waals surface area contributed by atoms with Crippen molar-refractivity contribution in [1.82, 2.24) is 34.4 Å². The van der Waals surface area contributed by atoms with E-state index >= 15 is 0 Å². The molecule has 2 aliphatic heterocycles. The largest absolute Gasteiger partial charge is 0.468 e. The molecule has 76 heavy (non-hydrogen) atoms. The number of hydrogen-bond donors (Lipinski definition) is 0. The lowest BCUT2D eigenvalue weighted by atomic mass is 10.3. The normalized spacial score (nSPS) is 18.1. The maximum absolute atomic E-state index is 12.9. The first-order chi connectivity index (χ1) is 35.3. The maximum Gasteiger partial charge on any atom is 0.323 e. The van der Waals surface area contributed by atoms with Crippen LogP contribution in [0.4, 0.5) is 0 Å². The van der Waals surface area contributed by atoms with Gasteiger partial charge in [-0.25, -0.2) is 19.6 Å². The van der Waals surface area contributed by atoms with Crippen molar-refractivity contribution in [3.63, 3.8) is 0 Å². The summed E-state index contributed by atoms with van der Waals surface area (Å²) < 4.78 is 120. The van der Waals surface area contributed by atoms with Gasteiger partial charge in [-0.05, 0) is 83.1 Å². The highest BCUT2D eigenvalue weighted by Crippen LogP contribution is 2.22. The second-order valence-electron chi connectivity index (χ2n) is 18.1. The van der Waals surface area contributed by atoms with Gasteiger partial charge in [0.25, 0.3) is 40.8 Å². The number of carbonyl (C=O) groups is 2. The van der Waals surface area contributed by atoms with Crippen molar-refractivity contribution >= 4 is 52.8 Å². The van der Waals surface area contributed by atoms with Crippen LogP contribution in [0.1, 0.15) is 83.1 Å². The van der Waals surface area contributed by atoms with E-state index in [1.54, 1.807) is 38.2 Å². The maximum atomic E-state index is 12.9. The van der Waals surface area contributed by atoms with E-state index in [2.05, 4.69) is 45.6 Å². The molecule has 4 unspecified atom stereocenters. The van der Waals surface area contributed by atoms with Crippen LogP contribution in [0.25, 0.3) is 0 Å². The molecule has 0 fully saturated rings. The lowest BCUT2D eigenvalue weighted by molar-refractivity contribution is -0.277. The molecule has 0 aromatic heterocycles. The van der Waals surface area contributed by atoms with Gasteiger partial charge in [0, 0.05) is 76.5 Å². The fourth-order valence-corrected chi connectivity index (χ4v) is 14.5. The highest BCUT2D eigenvalue weighted by Gasteiger charge is 2.40. The van der Waals surface area contributed by atoms with Crippen LogP contribution in [-0.2, 0) is 79.5 Å². The van der Waals surface area contributed by atoms with E-state index < -0.39 is 76.9 Å². The van der Waals surface area contributed by atoms with Crippen LogP contribution in [0.3, 0.4) is 0 Å². The van der Waals surface area contributed by atoms with Crippen molar-refractivity contribution in [3.8, 4) is 0 Å². The third-order valence-electron chi connectivity index (χ3n) is 11.2. The summed E-state index contributed by atoms with van der Waals surface area (Å²) in [6.07, 6.45) is 13.3. The summed E-state index contributed by atoms with van der Waals surface area (Å²) in [7, 11) is -9.43. The SMILES string of the molecule is C=CCN(C(C)C)S(=O)(=O)N(CC=C)C(C)C.C=CCN(C(C)COOC)S(=O)(=O)N(CC=C)C(C)C(=O)OC.CC(C)N1CC=CCN(C(C)C)S1(=O)=O.COOCC(C)N1CC=CCN(C(C)C(=O)OC)S1(=O)=O. The number of methoxy groups -OCH3 is 2. The molecule has 24 nitrogen and oxygen atoms in total. The molecule has 0 saturated heterocycles. The van der Waals surface area contributed by atoms with Gasteiger partial charge in [-0.1, -0.05) is 48.6 Å². The second kappa shape index (κ2) is 36.8. The quantitative estimate of drug-likeness (QED) is 0.0466. The second-order valence-corrected chi connectivity index (χ2v) is 25.4. The van der Waals surface area contributed by atoms with Crippen LogP contribution in [-0.4, -0.2) is 222 Å². The Bertz CT molecular complexity index is 2230. The molecule has 444 valence electrons. The first kappa shape index (κ1) is 74.8. The number of nitrogens with zero attached hydrogens (tertiary/aromatic N) is 8. The molecule has 2 aliphatic rings. The van der Waals surface area contributed by atoms with Gasteiger partial charge in [0.1, 0.15) is 12.1 Å². The highest BCUT2D eigenvalue weighted by molar-refractivity contribution is 7.87. The molecule has 2 rings (SSSR count). The predicted molar refractivity (Wildman–Crippen MR) is 297 cm³/mol. The van der Waals surface area contributed by atoms with Crippen molar-refractivity contribution < 1.29 is 72.3 Å². The predicted octanol–water partition coefficient (Wildman–Crippen LogP) is 3.91. The average molecular weight is 1170 g/mol. The zero-order valence-corrected chi connectivity index (χ0v) is 51.1. The van der Waals surface area contributed by atoms with Gasteiger partial charge < -0.3 is 9.47 Å². The van der Waals surface area contributed by atoms with Crippen LogP contribution in [0, 0.1) is 0 Å². The molecule has 0 radical (unpaired) electrons. The topological polar surface area (TPSA) is 252 Å². The van der Waals surface area contributed by atoms with Crippen molar-refractivity contribution in [2.45, 2.75) is 131 Å². The Hall–Kier alpha value is -3.30. The zero-order chi connectivity index (χ0) is 59.4. The number of ether oxygens (including phenoxy) is 2. The minimum atomic E-state index is -3.98. The summed E-state index contributed by atoms with van der Waals surface area (Å²) in [4.78, 5) is 42.0. The number of hydrogen-bond acceptors (Lipinski definition) is 16. The molecule has 0 saturated carbocycles. The Kier molecular flexibility index (Phi) is 36.2. The molecular weight excluding hydrogens is 1070 g/mol. The molecule has 0 aromatic carbocycles. The summed E-state index contributed by atoms with van der Waals surface area (Å²) in [6, 6.07) is -3.06. The monoisotopic (exact) mass is 1160 g/mol. The van der Waals surface area contributed by atoms with E-state index in [0.29, 0.717) is 26.2 Å². The van der Waals surface area contributed by atoms with Crippen LogP contribution < -0.4 is 0 Å². The summed E-state index contributed by atoms with van der Waals surface area (Å²) in [5.74, 6) is -1.26. The van der Waals surface area contributed by atoms with E-state index in [1.165, 1.54) is 80.3 Å². The van der Waals surface area contributed by atoms with Gasteiger partial charge in [0.15, 0.2) is 0 Å². The molecular formula is C48H92N8O16S4. The third kappa shape index (κ3) is 22.8. The number of carbonyl (C=O) groups excluding carboxylic acids is 2. The van der Waals surface area contributed by atoms with Crippen LogP contribution in [0.2, 0.25) is 0 Å². The van der Waals surface area contributed by atoms with Gasteiger partial charge >= 0.3 is 11.9 Å². The fourth-order valence-electron chi connectivity index (χ4n) is 7.03. The van der Waals surface area contributed by atoms with E-state index in [9.17, 15) is 43.3 Å². The molecule has 4 atom stereocenters. The molecule has 0 N–H and O–H groups in total. The van der Waals surface area contributed by atoms with E-state index in [-0.39, 0.29) is 63.6 Å². The Morgan fingerprint density at radius 3 is 1.20 bits per heavy atom. The van der Waals surface area contributed by atoms with Gasteiger partial charge in [-0.15, -0.1) is 26.3 Å². The van der Waals surface area contributed by atoms with E-state index in [4.69, 9.17) is 9.78 Å². The number of rotatable bonds is 28. The number of esters is 2. The smallest absolute Gasteiger partial charge is 0.323 e. The first-order valence-corrected chi connectivity index (χ1v) is 30.2. The van der Waals surface area contributed by atoms with Gasteiger partial charge in [-0.2, -0.15) is 68.1 Å². The summed E-state index contributed by atoms with van der Waals surface area (Å²) in [5.41, 5.74) is 0. The van der Waals surface area contributed by atoms with Crippen LogP contribution >= 0.6 is 0 Å². The molecule has 0 bridgehead atoms. The van der Waals surface area contributed by atoms with E-state index in [0.717, 1.165) is 8.61 Å². The fraction of sp³-hybridized carbons (Fsp3) is 0.708. The Balaban J connectivity index is 0. The van der Waals surface area contributed by atoms with Crippen LogP contribution in [0.5, 0.6) is 0 Å². The Morgan fingerprint density at radius 1 is 0.513 bits per heavy atom. The third-order valence-corrected chi connectivity index (χ3v) is 20.1. The van der Waals surface area contributed by atoms with Gasteiger partial charge in [0.05, 0.1) is 53.7 Å². The summed E-state index contributed by atoms with van der Waals surface area (Å²) >= 11 is 0. The van der Waals surface area contributed by atoms with Gasteiger partial charge in [0.2, 0.25) is 0 Å². The van der Waals surface area contributed by atoms with Crippen molar-refractivity contribution in [3.05, 3.63) is 74.9 Å². The summed E-state index contributed by atoms with van der Waals surface area (Å²) in [5, 5.41) is 0. The first-order valence-electron chi connectivity index (χ1n) is 24.6. The van der Waals surface area contributed by atoms with Crippen LogP contribution in [0.15, 0.2) is 74.9 Å². The summed E-state index contributed by atoms with van der Waals surface area (Å²) in [6.45, 7) is 37.7. The Morgan fingerprint density at radius 2 is 0.842 bits per heavy atom. The highest BCUT2D eigenvalue weighted by atomic mass is 32.2. The van der Waals surface area contributed by atoms with Crippen molar-refractivity contribution in [2.24, 2.45) is 0 Å². The molecule has 2 heterocycles. The van der Waals surface area contributed by atoms with E-state index in [1.807, 2.05) is 67.5 Å². The lowest BCUT2D eigenvalue weighted by Crippen LogP contribution is -2.53. The van der Waals surface area contributed by atoms with Gasteiger partial charge in [-0.3, -0.25) is 9.59 Å². The molecule has 0 spiro atoms. The average Bonchev–Trinajstić information content (AvgIpc) is 3.62. The zero-order valence-electron chi connectivity index (χ0n) is 47.9. The molecule has 0 aromatic rings. The van der Waals surface area contributed by atoms with Crippen molar-refractivity contribution in [1.29, 1.82) is 0 Å². The lowest BCUT2D eigenvalue weighted by Gasteiger charge is -2.34. The minimum absolute atomic E-state index is 0.000926. The standard InChI is InChI=1S/C14H26N2O6S.C12H22N2O6S.C12H24N2O2S.C10H20N2O2S/c1-7-9-15(12(3)11-22-21-6)23(18,19)16(10-8-2)13(4)14(17)20-5;1-10(9-20-19-4)13-7-5-6-8-14(21(13,16)17)11(2)12(15)18-3;1-7-9-13(11(3)4)17(15,16)14(10-8-2)12(5)6;1-9(2)11-7-5-6-8-12(10(3)4)15(11,13)14/h7-8,12-13H,1-2,9-11H2,3-6H3;5-6,10-11H,7-9H2,1-4H3;7-8,11-12H,1-2,9-10H2,3-6H3;5-6,9-10H,7-8H2,1-4H3. The Labute approximate surface area is 457 Å². The molecule has 28 heteroatoms. The minimum Gasteiger partial charge on any atom is -0.468 e.